The van der Waals surface area contributed by atoms with E-state index in [-0.39, 0.29) is 36.3 Å². The van der Waals surface area contributed by atoms with Crippen LogP contribution in [-0.2, 0) is 20.0 Å². The second-order valence-corrected chi connectivity index (χ2v) is 9.98. The fraction of sp³-hybridized carbons (Fsp3) is 0. The van der Waals surface area contributed by atoms with Crippen molar-refractivity contribution >= 4 is 66.3 Å². The van der Waals surface area contributed by atoms with Crippen molar-refractivity contribution in [2.45, 2.75) is 9.79 Å². The lowest BCUT2D eigenvalue weighted by Crippen LogP contribution is -2.16. The molecule has 29 heavy (non-hydrogen) atoms. The smallest absolute Gasteiger partial charge is 0.199 e. The Hall–Kier alpha value is -1.97. The van der Waals surface area contributed by atoms with Crippen LogP contribution in [0.2, 0.25) is 0 Å². The van der Waals surface area contributed by atoms with Gasteiger partial charge in [0.05, 0.1) is 30.6 Å². The van der Waals surface area contributed by atoms with Gasteiger partial charge >= 0.3 is 0 Å². The van der Waals surface area contributed by atoms with Gasteiger partial charge in [0.25, 0.3) is 20.0 Å². The maximum absolute atomic E-state index is 12.5. The fourth-order valence-corrected chi connectivity index (χ4v) is 5.17. The van der Waals surface area contributed by atoms with Crippen molar-refractivity contribution in [2.24, 2.45) is 8.80 Å². The predicted octanol–water partition coefficient (Wildman–Crippen LogP) is 4.47. The highest BCUT2D eigenvalue weighted by molar-refractivity contribution is 7.90. The second kappa shape index (κ2) is 8.41. The van der Waals surface area contributed by atoms with Crippen LogP contribution >= 0.6 is 34.8 Å². The van der Waals surface area contributed by atoms with Gasteiger partial charge < -0.3 is 0 Å². The molecule has 6 nitrogen and oxygen atoms in total. The third kappa shape index (κ3) is 4.79. The Morgan fingerprint density at radius 2 is 1.07 bits per heavy atom. The molecule has 0 radical (unpaired) electrons. The summed E-state index contributed by atoms with van der Waals surface area (Å²) in [6, 6.07) is 14.9. The van der Waals surface area contributed by atoms with Crippen LogP contribution in [0.25, 0.3) is 0 Å². The Kier molecular flexibility index (Phi) is 6.30. The van der Waals surface area contributed by atoms with E-state index < -0.39 is 20.0 Å². The van der Waals surface area contributed by atoms with E-state index in [1.165, 1.54) is 36.4 Å². The number of halogens is 3. The molecule has 0 unspecified atom stereocenters. The minimum atomic E-state index is -4.12. The molecule has 150 valence electrons. The zero-order chi connectivity index (χ0) is 21.2. The fourth-order valence-electron chi connectivity index (χ4n) is 2.26. The minimum absolute atomic E-state index is 0.0521. The molecule has 0 heterocycles. The molecule has 1 aliphatic carbocycles. The van der Waals surface area contributed by atoms with Crippen molar-refractivity contribution in [1.82, 2.24) is 0 Å². The maximum atomic E-state index is 12.5. The van der Waals surface area contributed by atoms with E-state index in [2.05, 4.69) is 8.80 Å². The van der Waals surface area contributed by atoms with Crippen molar-refractivity contribution in [2.75, 3.05) is 0 Å². The largest absolute Gasteiger partial charge is 0.282 e. The van der Waals surface area contributed by atoms with Crippen molar-refractivity contribution in [3.8, 4) is 0 Å². The molecule has 3 rings (SSSR count). The second-order valence-electron chi connectivity index (χ2n) is 5.61. The van der Waals surface area contributed by atoms with E-state index in [9.17, 15) is 16.8 Å². The monoisotopic (exact) mass is 488 g/mol. The van der Waals surface area contributed by atoms with Crippen LogP contribution in [0.5, 0.6) is 0 Å². The lowest BCUT2D eigenvalue weighted by molar-refractivity contribution is 0.596. The number of sulfonamides is 2. The van der Waals surface area contributed by atoms with E-state index in [0.717, 1.165) is 6.08 Å². The van der Waals surface area contributed by atoms with Crippen molar-refractivity contribution in [3.05, 3.63) is 81.8 Å². The first-order chi connectivity index (χ1) is 13.6. The van der Waals surface area contributed by atoms with Gasteiger partial charge in [-0.25, -0.2) is 0 Å². The summed E-state index contributed by atoms with van der Waals surface area (Å²) in [5, 5.41) is -0.848. The predicted molar refractivity (Wildman–Crippen MR) is 115 cm³/mol. The Labute approximate surface area is 183 Å². The Morgan fingerprint density at radius 1 is 0.621 bits per heavy atom. The van der Waals surface area contributed by atoms with Crippen LogP contribution in [0.1, 0.15) is 0 Å². The SMILES string of the molecule is O=S(=O)(N=C1C=C(Cl)C(=NS(=O)(=O)c2ccccc2)C(Cl)=C1Cl)c1ccccc1. The van der Waals surface area contributed by atoms with Gasteiger partial charge in [-0.1, -0.05) is 71.2 Å². The Morgan fingerprint density at radius 3 is 1.55 bits per heavy atom. The quantitative estimate of drug-likeness (QED) is 0.592. The first kappa shape index (κ1) is 21.7. The maximum Gasteiger partial charge on any atom is 0.282 e. The lowest BCUT2D eigenvalue weighted by Gasteiger charge is -2.14. The topological polar surface area (TPSA) is 93.0 Å². The molecule has 0 saturated heterocycles. The van der Waals surface area contributed by atoms with Gasteiger partial charge in [0, 0.05) is 0 Å². The molecule has 0 aliphatic heterocycles. The highest BCUT2D eigenvalue weighted by Gasteiger charge is 2.27. The number of hydrogen-bond acceptors (Lipinski definition) is 4. The molecule has 0 bridgehead atoms. The number of rotatable bonds is 4. The van der Waals surface area contributed by atoms with Gasteiger partial charge in [-0.15, -0.1) is 0 Å². The highest BCUT2D eigenvalue weighted by Crippen LogP contribution is 2.31. The summed E-state index contributed by atoms with van der Waals surface area (Å²) in [7, 11) is -8.20. The summed E-state index contributed by atoms with van der Waals surface area (Å²) in [5.74, 6) is 0. The Bertz CT molecular complexity index is 1280. The molecule has 11 heteroatoms. The van der Waals surface area contributed by atoms with Crippen molar-refractivity contribution in [3.63, 3.8) is 0 Å². The molecule has 0 aromatic heterocycles. The summed E-state index contributed by atoms with van der Waals surface area (Å²) in [4.78, 5) is -0.118. The lowest BCUT2D eigenvalue weighted by atomic mass is 10.1. The number of hydrogen-bond donors (Lipinski definition) is 0. The standard InChI is InChI=1S/C18H11Cl3N2O4S2/c19-14-11-15(22-28(24,25)12-7-3-1-4-8-12)16(20)17(21)18(14)23-29(26,27)13-9-5-2-6-10-13/h1-11H. The van der Waals surface area contributed by atoms with E-state index in [4.69, 9.17) is 34.8 Å². The molecular formula is C18H11Cl3N2O4S2. The zero-order valence-electron chi connectivity index (χ0n) is 14.3. The van der Waals surface area contributed by atoms with Crippen LogP contribution in [0, 0.1) is 0 Å². The van der Waals surface area contributed by atoms with E-state index >= 15 is 0 Å². The average Bonchev–Trinajstić information content (AvgIpc) is 2.70. The van der Waals surface area contributed by atoms with Gasteiger partial charge in [-0.05, 0) is 30.3 Å². The molecule has 0 amide bonds. The number of nitrogens with zero attached hydrogens (tertiary/aromatic N) is 2. The average molecular weight is 490 g/mol. The summed E-state index contributed by atoms with van der Waals surface area (Å²) in [6.45, 7) is 0. The van der Waals surface area contributed by atoms with Crippen molar-refractivity contribution in [1.29, 1.82) is 0 Å². The first-order valence-electron chi connectivity index (χ1n) is 7.85. The van der Waals surface area contributed by atoms with E-state index in [0.29, 0.717) is 0 Å². The number of allylic oxidation sites excluding steroid dienone is 4. The summed E-state index contributed by atoms with van der Waals surface area (Å²) in [6.07, 6.45) is 1.09. The molecule has 2 aromatic rings. The van der Waals surface area contributed by atoms with Crippen LogP contribution in [0.4, 0.5) is 0 Å². The van der Waals surface area contributed by atoms with Crippen LogP contribution in [0.3, 0.4) is 0 Å². The molecule has 2 aromatic carbocycles. The molecule has 0 spiro atoms. The van der Waals surface area contributed by atoms with Crippen LogP contribution in [-0.4, -0.2) is 28.3 Å². The molecule has 0 atom stereocenters. The third-order valence-electron chi connectivity index (χ3n) is 3.63. The van der Waals surface area contributed by atoms with E-state index in [1.807, 2.05) is 0 Å². The summed E-state index contributed by atoms with van der Waals surface area (Å²) in [5.41, 5.74) is -0.542. The zero-order valence-corrected chi connectivity index (χ0v) is 18.2. The normalized spacial score (nSPS) is 18.2. The van der Waals surface area contributed by atoms with Crippen LogP contribution < -0.4 is 0 Å². The highest BCUT2D eigenvalue weighted by atomic mass is 35.5. The van der Waals surface area contributed by atoms with Crippen molar-refractivity contribution < 1.29 is 16.8 Å². The minimum Gasteiger partial charge on any atom is -0.199 e. The summed E-state index contributed by atoms with van der Waals surface area (Å²) < 4.78 is 57.1. The van der Waals surface area contributed by atoms with Gasteiger partial charge in [0.1, 0.15) is 5.71 Å². The molecule has 0 N–H and O–H groups in total. The number of benzene rings is 2. The van der Waals surface area contributed by atoms with Gasteiger partial charge in [-0.3, -0.25) is 0 Å². The summed E-state index contributed by atoms with van der Waals surface area (Å²) >= 11 is 18.4. The van der Waals surface area contributed by atoms with E-state index in [1.54, 1.807) is 24.3 Å². The third-order valence-corrected chi connectivity index (χ3v) is 7.36. The van der Waals surface area contributed by atoms with Crippen LogP contribution in [0.15, 0.2) is 100 Å². The van der Waals surface area contributed by atoms with Gasteiger partial charge in [-0.2, -0.15) is 25.6 Å². The van der Waals surface area contributed by atoms with Gasteiger partial charge in [0.15, 0.2) is 0 Å². The molecular weight excluding hydrogens is 479 g/mol. The Balaban J connectivity index is 2.06. The molecule has 1 aliphatic rings. The first-order valence-corrected chi connectivity index (χ1v) is 11.9. The van der Waals surface area contributed by atoms with Gasteiger partial charge in [0.2, 0.25) is 0 Å². The molecule has 0 saturated carbocycles. The molecule has 0 fully saturated rings.